The maximum atomic E-state index is 12.7. The fourth-order valence-corrected chi connectivity index (χ4v) is 6.31. The Kier molecular flexibility index (Phi) is 26.5. The third kappa shape index (κ3) is 22.4. The van der Waals surface area contributed by atoms with E-state index in [-0.39, 0.29) is 18.5 Å². The van der Waals surface area contributed by atoms with Gasteiger partial charge in [0.1, 0.15) is 6.10 Å². The quantitative estimate of drug-likeness (QED) is 0.0822. The van der Waals surface area contributed by atoms with Gasteiger partial charge < -0.3 is 14.2 Å². The minimum absolute atomic E-state index is 0. The predicted molar refractivity (Wildman–Crippen MR) is 179 cm³/mol. The van der Waals surface area contributed by atoms with Crippen LogP contribution in [0.2, 0.25) is 0 Å². The zero-order valence-corrected chi connectivity index (χ0v) is 28.4. The lowest BCUT2D eigenvalue weighted by Gasteiger charge is -2.17. The minimum Gasteiger partial charge on any atom is -0.457 e. The molecule has 0 radical (unpaired) electrons. The van der Waals surface area contributed by atoms with E-state index < -0.39 is 10.8 Å². The monoisotopic (exact) mass is 645 g/mol. The van der Waals surface area contributed by atoms with Crippen molar-refractivity contribution in [3.05, 3.63) is 35.0 Å². The summed E-state index contributed by atoms with van der Waals surface area (Å²) in [4.78, 5) is 12.5. The highest BCUT2D eigenvalue weighted by Crippen LogP contribution is 2.14. The smallest absolute Gasteiger partial charge is 0.316 e. The van der Waals surface area contributed by atoms with Gasteiger partial charge in [-0.05, 0) is 12.5 Å². The van der Waals surface area contributed by atoms with Gasteiger partial charge in [0.25, 0.3) is 0 Å². The molecular weight excluding hydrogens is 590 g/mol. The molecule has 0 amide bonds. The van der Waals surface area contributed by atoms with Gasteiger partial charge in [-0.3, -0.25) is 4.21 Å². The lowest BCUT2D eigenvalue weighted by molar-refractivity contribution is 0.0537. The Morgan fingerprint density at radius 3 is 1.90 bits per heavy atom. The second-order valence-electron chi connectivity index (χ2n) is 10.7. The summed E-state index contributed by atoms with van der Waals surface area (Å²) in [6, 6.07) is 2.04. The van der Waals surface area contributed by atoms with Gasteiger partial charge >= 0.3 is 6.01 Å². The van der Waals surface area contributed by atoms with Crippen LogP contribution in [0.3, 0.4) is 0 Å². The van der Waals surface area contributed by atoms with Crippen LogP contribution in [0.15, 0.2) is 30.0 Å². The Balaban J connectivity index is 0.00000882. The van der Waals surface area contributed by atoms with Crippen LogP contribution in [0.1, 0.15) is 115 Å². The molecule has 42 heavy (non-hydrogen) atoms. The molecule has 0 aliphatic carbocycles. The average Bonchev–Trinajstić information content (AvgIpc) is 3.50. The van der Waals surface area contributed by atoms with Crippen molar-refractivity contribution in [2.24, 2.45) is 0 Å². The first-order valence-corrected chi connectivity index (χ1v) is 18.5. The topological polar surface area (TPSA) is 83.4 Å². The zero-order valence-electron chi connectivity index (χ0n) is 25.9. The van der Waals surface area contributed by atoms with Gasteiger partial charge in [0.05, 0.1) is 30.6 Å². The van der Waals surface area contributed by atoms with Gasteiger partial charge in [-0.1, -0.05) is 103 Å². The molecule has 0 fully saturated rings. The molecule has 0 aliphatic rings. The number of nitrogens with zero attached hydrogens (tertiary/aromatic N) is 3. The molecule has 0 spiro atoms. The van der Waals surface area contributed by atoms with Gasteiger partial charge in [0.2, 0.25) is 0 Å². The fourth-order valence-electron chi connectivity index (χ4n) is 4.66. The molecule has 0 N–H and O–H groups in total. The summed E-state index contributed by atoms with van der Waals surface area (Å²) < 4.78 is 30.2. The molecule has 2 heterocycles. The van der Waals surface area contributed by atoms with Crippen LogP contribution in [-0.4, -0.2) is 63.2 Å². The Morgan fingerprint density at radius 1 is 0.738 bits per heavy atom. The van der Waals surface area contributed by atoms with E-state index in [1.165, 1.54) is 96.3 Å². The molecule has 2 aromatic heterocycles. The number of hydrogen-bond acceptors (Lipinski definition) is 8. The zero-order chi connectivity index (χ0) is 29.1. The first kappa shape index (κ1) is 38.9. The molecular formula is C32H56ClN3O4S2. The van der Waals surface area contributed by atoms with Crippen molar-refractivity contribution in [3.63, 3.8) is 0 Å². The Hall–Kier alpha value is -1.13. The number of unbranched alkanes of at least 4 members (excludes halogenated alkanes) is 15. The third-order valence-electron chi connectivity index (χ3n) is 7.03. The standard InChI is InChI=1S/C32H55N3O4S2.ClH/c1-2-3-4-5-6-7-8-9-10-11-12-13-14-15-16-17-23-38-28-30(39-32-34-20-18-21-35-32)29-41(36)27-25-37-24-19-31-33-22-26-40-31;/h18,20-22,26,30H,2-17,19,23-25,27-29H2,1H3;1H. The molecule has 2 atom stereocenters. The highest BCUT2D eigenvalue weighted by atomic mass is 35.5. The first-order valence-electron chi connectivity index (χ1n) is 16.1. The maximum absolute atomic E-state index is 12.7. The van der Waals surface area contributed by atoms with Gasteiger partial charge in [0.15, 0.2) is 0 Å². The second-order valence-corrected chi connectivity index (χ2v) is 13.3. The first-order chi connectivity index (χ1) is 20.3. The van der Waals surface area contributed by atoms with Crippen LogP contribution in [0.5, 0.6) is 6.01 Å². The normalized spacial score (nSPS) is 12.6. The molecule has 242 valence electrons. The van der Waals surface area contributed by atoms with Gasteiger partial charge in [-0.25, -0.2) is 15.0 Å². The highest BCUT2D eigenvalue weighted by molar-refractivity contribution is 7.85. The van der Waals surface area contributed by atoms with E-state index in [9.17, 15) is 4.21 Å². The van der Waals surface area contributed by atoms with E-state index in [0.717, 1.165) is 17.8 Å². The molecule has 2 rings (SSSR count). The van der Waals surface area contributed by atoms with E-state index in [4.69, 9.17) is 14.2 Å². The van der Waals surface area contributed by atoms with E-state index >= 15 is 0 Å². The van der Waals surface area contributed by atoms with E-state index in [2.05, 4.69) is 21.9 Å². The van der Waals surface area contributed by atoms with Crippen LogP contribution in [0.4, 0.5) is 0 Å². The van der Waals surface area contributed by atoms with E-state index in [1.807, 2.05) is 5.38 Å². The summed E-state index contributed by atoms with van der Waals surface area (Å²) in [6.07, 6.45) is 27.2. The van der Waals surface area contributed by atoms with Crippen LogP contribution >= 0.6 is 23.7 Å². The lowest BCUT2D eigenvalue weighted by Crippen LogP contribution is -2.31. The predicted octanol–water partition coefficient (Wildman–Crippen LogP) is 8.39. The van der Waals surface area contributed by atoms with Gasteiger partial charge in [0, 0.05) is 53.6 Å². The van der Waals surface area contributed by atoms with Gasteiger partial charge in [-0.2, -0.15) is 0 Å². The molecule has 2 aromatic rings. The van der Waals surface area contributed by atoms with Crippen LogP contribution < -0.4 is 4.74 Å². The van der Waals surface area contributed by atoms with Crippen LogP contribution in [0, 0.1) is 0 Å². The average molecular weight is 646 g/mol. The minimum atomic E-state index is -1.08. The van der Waals surface area contributed by atoms with Crippen molar-refractivity contribution < 1.29 is 18.4 Å². The molecule has 0 saturated heterocycles. The Morgan fingerprint density at radius 2 is 1.33 bits per heavy atom. The van der Waals surface area contributed by atoms with Crippen molar-refractivity contribution in [1.29, 1.82) is 0 Å². The number of thiazole rings is 1. The summed E-state index contributed by atoms with van der Waals surface area (Å²) in [5.41, 5.74) is 0. The Bertz CT molecular complexity index is 850. The summed E-state index contributed by atoms with van der Waals surface area (Å²) in [7, 11) is -1.08. The van der Waals surface area contributed by atoms with Crippen molar-refractivity contribution in [2.75, 3.05) is 37.9 Å². The lowest BCUT2D eigenvalue weighted by atomic mass is 10.0. The van der Waals surface area contributed by atoms with E-state index in [1.54, 1.807) is 36.0 Å². The SMILES string of the molecule is CCCCCCCCCCCCCCCCCCOCC(CS(=O)CCOCCc1nccs1)Oc1ncccn1.Cl. The number of rotatable bonds is 29. The molecule has 7 nitrogen and oxygen atoms in total. The van der Waals surface area contributed by atoms with Crippen LogP contribution in [-0.2, 0) is 26.7 Å². The van der Waals surface area contributed by atoms with Crippen molar-refractivity contribution in [2.45, 2.75) is 122 Å². The van der Waals surface area contributed by atoms with Crippen molar-refractivity contribution >= 4 is 34.5 Å². The summed E-state index contributed by atoms with van der Waals surface area (Å²) >= 11 is 1.62. The van der Waals surface area contributed by atoms with Crippen molar-refractivity contribution in [3.8, 4) is 6.01 Å². The summed E-state index contributed by atoms with van der Waals surface area (Å²) in [5, 5.41) is 3.02. The number of halogens is 1. The number of hydrogen-bond donors (Lipinski definition) is 0. The Labute approximate surface area is 268 Å². The molecule has 0 aromatic carbocycles. The summed E-state index contributed by atoms with van der Waals surface area (Å²) in [5.74, 6) is 0.833. The second kappa shape index (κ2) is 28.6. The molecule has 0 saturated carbocycles. The maximum Gasteiger partial charge on any atom is 0.316 e. The van der Waals surface area contributed by atoms with E-state index in [0.29, 0.717) is 43.9 Å². The summed E-state index contributed by atoms with van der Waals surface area (Å²) in [6.45, 7) is 4.40. The molecule has 0 aliphatic heterocycles. The highest BCUT2D eigenvalue weighted by Gasteiger charge is 2.17. The third-order valence-corrected chi connectivity index (χ3v) is 9.24. The van der Waals surface area contributed by atoms with Crippen molar-refractivity contribution in [1.82, 2.24) is 15.0 Å². The largest absolute Gasteiger partial charge is 0.457 e. The molecule has 2 unspecified atom stereocenters. The number of aromatic nitrogens is 3. The molecule has 0 bridgehead atoms. The number of ether oxygens (including phenoxy) is 3. The fraction of sp³-hybridized carbons (Fsp3) is 0.781. The van der Waals surface area contributed by atoms with Gasteiger partial charge in [-0.15, -0.1) is 23.7 Å². The molecule has 10 heteroatoms. The van der Waals surface area contributed by atoms with Crippen LogP contribution in [0.25, 0.3) is 0 Å².